The lowest BCUT2D eigenvalue weighted by atomic mass is 10.3. The van der Waals surface area contributed by atoms with Gasteiger partial charge < -0.3 is 0 Å². The molecule has 1 saturated heterocycles. The summed E-state index contributed by atoms with van der Waals surface area (Å²) in [4.78, 5) is 0. The molecule has 1 fully saturated rings. The zero-order valence-corrected chi connectivity index (χ0v) is 9.96. The molecule has 1 aliphatic rings. The van der Waals surface area contributed by atoms with Crippen molar-refractivity contribution in [2.24, 2.45) is 0 Å². The summed E-state index contributed by atoms with van der Waals surface area (Å²) in [6, 6.07) is 1.81. The van der Waals surface area contributed by atoms with Crippen LogP contribution in [0.25, 0.3) is 0 Å². The van der Waals surface area contributed by atoms with Gasteiger partial charge in [0.25, 0.3) is 10.1 Å². The molecule has 0 N–H and O–H groups in total. The third-order valence-corrected chi connectivity index (χ3v) is 3.70. The summed E-state index contributed by atoms with van der Waals surface area (Å²) in [5, 5.41) is 8.18. The van der Waals surface area contributed by atoms with Crippen LogP contribution in [0.1, 0.15) is 12.8 Å². The molecule has 0 radical (unpaired) electrons. The maximum Gasteiger partial charge on any atom is 0.304 e. The second-order valence-corrected chi connectivity index (χ2v) is 5.58. The molecule has 0 aromatic heterocycles. The molecule has 16 heavy (non-hydrogen) atoms. The fraction of sp³-hybridized carbons (Fsp3) is 0.857. The Balaban J connectivity index is 2.16. The SMILES string of the molecule is N#CCCOS(=O)OCC1CCS(=O)(=O)O1. The molecule has 0 bridgehead atoms. The second kappa shape index (κ2) is 6.27. The van der Waals surface area contributed by atoms with Crippen LogP contribution in [0.15, 0.2) is 0 Å². The van der Waals surface area contributed by atoms with E-state index in [-0.39, 0.29) is 25.4 Å². The number of nitriles is 1. The highest BCUT2D eigenvalue weighted by atomic mass is 32.2. The summed E-state index contributed by atoms with van der Waals surface area (Å²) >= 11 is -1.97. The molecule has 1 aliphatic heterocycles. The minimum absolute atomic E-state index is 0.00688. The fourth-order valence-electron chi connectivity index (χ4n) is 1.01. The van der Waals surface area contributed by atoms with Crippen LogP contribution in [0.3, 0.4) is 0 Å². The van der Waals surface area contributed by atoms with Crippen molar-refractivity contribution in [3.05, 3.63) is 0 Å². The Kier molecular flexibility index (Phi) is 5.30. The van der Waals surface area contributed by atoms with Gasteiger partial charge in [-0.1, -0.05) is 0 Å². The van der Waals surface area contributed by atoms with Crippen LogP contribution in [0.2, 0.25) is 0 Å². The van der Waals surface area contributed by atoms with E-state index in [1.807, 2.05) is 6.07 Å². The Morgan fingerprint density at radius 3 is 2.81 bits per heavy atom. The molecule has 2 atom stereocenters. The second-order valence-electron chi connectivity index (χ2n) is 2.99. The van der Waals surface area contributed by atoms with E-state index in [0.717, 1.165) is 0 Å². The maximum atomic E-state index is 11.0. The van der Waals surface area contributed by atoms with Crippen LogP contribution in [0.5, 0.6) is 0 Å². The largest absolute Gasteiger partial charge is 0.304 e. The van der Waals surface area contributed by atoms with Crippen LogP contribution >= 0.6 is 0 Å². The molecule has 0 aromatic rings. The van der Waals surface area contributed by atoms with Gasteiger partial charge in [-0.3, -0.25) is 12.5 Å². The topological polar surface area (TPSA) is 103 Å². The lowest BCUT2D eigenvalue weighted by Gasteiger charge is -2.06. The molecule has 1 rings (SSSR count). The van der Waals surface area contributed by atoms with Crippen LogP contribution in [-0.4, -0.2) is 37.7 Å². The fourth-order valence-corrected chi connectivity index (χ4v) is 2.78. The summed E-state index contributed by atoms with van der Waals surface area (Å²) in [7, 11) is -3.43. The van der Waals surface area contributed by atoms with Gasteiger partial charge in [-0.2, -0.15) is 17.9 Å². The minimum atomic E-state index is -3.43. The van der Waals surface area contributed by atoms with Crippen molar-refractivity contribution < 1.29 is 25.2 Å². The van der Waals surface area contributed by atoms with E-state index in [1.54, 1.807) is 0 Å². The Bertz CT molecular complexity index is 386. The average molecular weight is 269 g/mol. The maximum absolute atomic E-state index is 11.0. The molecule has 9 heteroatoms. The molecule has 92 valence electrons. The van der Waals surface area contributed by atoms with Crippen molar-refractivity contribution >= 4 is 21.5 Å². The summed E-state index contributed by atoms with van der Waals surface area (Å²) in [6.45, 7) is -0.106. The van der Waals surface area contributed by atoms with E-state index in [1.165, 1.54) is 0 Å². The molecule has 0 spiro atoms. The smallest absolute Gasteiger partial charge is 0.267 e. The molecule has 0 amide bonds. The highest BCUT2D eigenvalue weighted by Gasteiger charge is 2.29. The van der Waals surface area contributed by atoms with Crippen LogP contribution in [-0.2, 0) is 34.0 Å². The van der Waals surface area contributed by atoms with Crippen molar-refractivity contribution in [2.45, 2.75) is 18.9 Å². The van der Waals surface area contributed by atoms with Gasteiger partial charge >= 0.3 is 11.4 Å². The van der Waals surface area contributed by atoms with Crippen LogP contribution in [0.4, 0.5) is 0 Å². The monoisotopic (exact) mass is 269 g/mol. The molecule has 2 unspecified atom stereocenters. The minimum Gasteiger partial charge on any atom is -0.267 e. The van der Waals surface area contributed by atoms with Gasteiger partial charge in [0.2, 0.25) is 0 Å². The standard InChI is InChI=1S/C7H11NO6S2/c8-3-1-4-12-15(9)13-6-7-2-5-16(10,11)14-7/h7H,1-2,4-6H2. The zero-order chi connectivity index (χ0) is 12.0. The molecule has 0 saturated carbocycles. The van der Waals surface area contributed by atoms with Crippen molar-refractivity contribution in [1.29, 1.82) is 5.26 Å². The van der Waals surface area contributed by atoms with Gasteiger partial charge in [-0.15, -0.1) is 0 Å². The zero-order valence-electron chi connectivity index (χ0n) is 8.33. The lowest BCUT2D eigenvalue weighted by Crippen LogP contribution is -2.17. The Morgan fingerprint density at radius 2 is 2.25 bits per heavy atom. The summed E-state index contributed by atoms with van der Waals surface area (Å²) in [5.74, 6) is -0.0526. The highest BCUT2D eigenvalue weighted by Crippen LogP contribution is 2.16. The summed E-state index contributed by atoms with van der Waals surface area (Å²) in [5.41, 5.74) is 0. The Morgan fingerprint density at radius 1 is 1.50 bits per heavy atom. The highest BCUT2D eigenvalue weighted by molar-refractivity contribution is 7.86. The molecule has 0 aliphatic carbocycles. The molecule has 7 nitrogen and oxygen atoms in total. The Labute approximate surface area is 96.3 Å². The van der Waals surface area contributed by atoms with Crippen molar-refractivity contribution in [3.8, 4) is 6.07 Å². The number of hydrogen-bond donors (Lipinski definition) is 0. The van der Waals surface area contributed by atoms with E-state index < -0.39 is 27.6 Å². The summed E-state index contributed by atoms with van der Waals surface area (Å²) < 4.78 is 46.7. The predicted molar refractivity (Wildman–Crippen MR) is 53.6 cm³/mol. The van der Waals surface area contributed by atoms with Gasteiger partial charge in [0, 0.05) is 0 Å². The Hall–Kier alpha value is -0.530. The van der Waals surface area contributed by atoms with Gasteiger partial charge in [-0.05, 0) is 6.42 Å². The third-order valence-electron chi connectivity index (χ3n) is 1.72. The van der Waals surface area contributed by atoms with E-state index in [9.17, 15) is 12.6 Å². The van der Waals surface area contributed by atoms with Gasteiger partial charge in [-0.25, -0.2) is 0 Å². The first-order valence-corrected chi connectivity index (χ1v) is 7.07. The summed E-state index contributed by atoms with van der Waals surface area (Å²) in [6.07, 6.45) is -0.172. The molecule has 0 aromatic carbocycles. The van der Waals surface area contributed by atoms with Crippen molar-refractivity contribution in [3.63, 3.8) is 0 Å². The predicted octanol–water partition coefficient (Wildman–Crippen LogP) is -0.369. The number of hydrogen-bond acceptors (Lipinski definition) is 7. The first-order chi connectivity index (χ1) is 7.53. The van der Waals surface area contributed by atoms with Gasteiger partial charge in [0.05, 0.1) is 31.5 Å². The van der Waals surface area contributed by atoms with E-state index >= 15 is 0 Å². The molecule has 1 heterocycles. The number of nitrogens with zero attached hydrogens (tertiary/aromatic N) is 1. The molecular formula is C7H11NO6S2. The van der Waals surface area contributed by atoms with Crippen molar-refractivity contribution in [1.82, 2.24) is 0 Å². The number of rotatable bonds is 6. The molecular weight excluding hydrogens is 258 g/mol. The van der Waals surface area contributed by atoms with Crippen molar-refractivity contribution in [2.75, 3.05) is 19.0 Å². The van der Waals surface area contributed by atoms with Crippen LogP contribution < -0.4 is 0 Å². The average Bonchev–Trinajstić information content (AvgIpc) is 2.56. The van der Waals surface area contributed by atoms with Gasteiger partial charge in [0.15, 0.2) is 0 Å². The first kappa shape index (κ1) is 13.5. The third kappa shape index (κ3) is 5.00. The van der Waals surface area contributed by atoms with E-state index in [4.69, 9.17) is 9.44 Å². The first-order valence-electron chi connectivity index (χ1n) is 4.50. The quantitative estimate of drug-likeness (QED) is 0.478. The van der Waals surface area contributed by atoms with Crippen LogP contribution in [0, 0.1) is 11.3 Å². The normalized spacial score (nSPS) is 25.1. The lowest BCUT2D eigenvalue weighted by molar-refractivity contribution is 0.145. The van der Waals surface area contributed by atoms with Gasteiger partial charge in [0.1, 0.15) is 6.10 Å². The van der Waals surface area contributed by atoms with E-state index in [0.29, 0.717) is 6.42 Å². The van der Waals surface area contributed by atoms with E-state index in [2.05, 4.69) is 8.37 Å².